The summed E-state index contributed by atoms with van der Waals surface area (Å²) in [4.78, 5) is 11.9. The molecule has 106 valence electrons. The Kier molecular flexibility index (Phi) is 4.08. The Hall–Kier alpha value is -2.30. The molecule has 0 saturated heterocycles. The van der Waals surface area contributed by atoms with Crippen LogP contribution in [0, 0.1) is 13.8 Å². The number of benzene rings is 1. The summed E-state index contributed by atoms with van der Waals surface area (Å²) in [5, 5.41) is 7.27. The number of nitrogens with one attached hydrogen (secondary N) is 1. The number of carbonyl (C=O) groups excluding carboxylic acids is 1. The highest BCUT2D eigenvalue weighted by Crippen LogP contribution is 2.11. The normalized spacial score (nSPS) is 10.6. The maximum atomic E-state index is 11.9. The molecule has 2 rings (SSSR count). The second kappa shape index (κ2) is 5.77. The fourth-order valence-corrected chi connectivity index (χ4v) is 2.14. The van der Waals surface area contributed by atoms with Gasteiger partial charge in [-0.1, -0.05) is 12.1 Å². The van der Waals surface area contributed by atoms with E-state index in [1.54, 1.807) is 12.1 Å². The summed E-state index contributed by atoms with van der Waals surface area (Å²) in [6.07, 6.45) is 0.360. The smallest absolute Gasteiger partial charge is 0.224 e. The van der Waals surface area contributed by atoms with Crippen LogP contribution >= 0.6 is 0 Å². The monoisotopic (exact) mass is 272 g/mol. The number of carbonyl (C=O) groups is 1. The minimum absolute atomic E-state index is 0.00238. The SMILES string of the molecule is Cc1nn(C)c(C)c1CNC(=O)Cc1ccc(N)cc1. The predicted molar refractivity (Wildman–Crippen MR) is 79.1 cm³/mol. The Morgan fingerprint density at radius 2 is 1.95 bits per heavy atom. The molecule has 1 amide bonds. The number of hydrogen-bond donors (Lipinski definition) is 2. The maximum absolute atomic E-state index is 11.9. The van der Waals surface area contributed by atoms with Crippen LogP contribution in [-0.4, -0.2) is 15.7 Å². The molecule has 0 spiro atoms. The van der Waals surface area contributed by atoms with E-state index in [2.05, 4.69) is 10.4 Å². The molecular weight excluding hydrogens is 252 g/mol. The van der Waals surface area contributed by atoms with Crippen molar-refractivity contribution in [3.05, 3.63) is 46.8 Å². The topological polar surface area (TPSA) is 72.9 Å². The Morgan fingerprint density at radius 3 is 2.50 bits per heavy atom. The molecule has 0 aliphatic rings. The van der Waals surface area contributed by atoms with Gasteiger partial charge in [0.2, 0.25) is 5.91 Å². The second-order valence-electron chi connectivity index (χ2n) is 4.97. The van der Waals surface area contributed by atoms with Crippen molar-refractivity contribution in [2.45, 2.75) is 26.8 Å². The van der Waals surface area contributed by atoms with Gasteiger partial charge >= 0.3 is 0 Å². The van der Waals surface area contributed by atoms with Crippen molar-refractivity contribution in [3.8, 4) is 0 Å². The van der Waals surface area contributed by atoms with Crippen molar-refractivity contribution in [2.24, 2.45) is 7.05 Å². The van der Waals surface area contributed by atoms with Gasteiger partial charge in [-0.25, -0.2) is 0 Å². The van der Waals surface area contributed by atoms with Crippen LogP contribution in [0.3, 0.4) is 0 Å². The van der Waals surface area contributed by atoms with Crippen LogP contribution in [0.1, 0.15) is 22.5 Å². The largest absolute Gasteiger partial charge is 0.399 e. The molecule has 0 atom stereocenters. The van der Waals surface area contributed by atoms with Gasteiger partial charge in [-0.3, -0.25) is 9.48 Å². The van der Waals surface area contributed by atoms with E-state index in [0.29, 0.717) is 18.7 Å². The van der Waals surface area contributed by atoms with Crippen LogP contribution in [0.4, 0.5) is 5.69 Å². The molecule has 1 aromatic heterocycles. The number of hydrogen-bond acceptors (Lipinski definition) is 3. The second-order valence-corrected chi connectivity index (χ2v) is 4.97. The minimum Gasteiger partial charge on any atom is -0.399 e. The average Bonchev–Trinajstić information content (AvgIpc) is 2.64. The Morgan fingerprint density at radius 1 is 1.30 bits per heavy atom. The molecule has 5 nitrogen and oxygen atoms in total. The summed E-state index contributed by atoms with van der Waals surface area (Å²) in [6.45, 7) is 4.47. The number of nitrogens with two attached hydrogens (primary N) is 1. The van der Waals surface area contributed by atoms with E-state index >= 15 is 0 Å². The summed E-state index contributed by atoms with van der Waals surface area (Å²) in [6, 6.07) is 7.35. The number of aryl methyl sites for hydroxylation is 2. The average molecular weight is 272 g/mol. The molecule has 1 aromatic carbocycles. The molecule has 5 heteroatoms. The van der Waals surface area contributed by atoms with E-state index < -0.39 is 0 Å². The molecule has 0 unspecified atom stereocenters. The highest BCUT2D eigenvalue weighted by molar-refractivity contribution is 5.78. The Balaban J connectivity index is 1.94. The molecule has 3 N–H and O–H groups in total. The molecule has 0 aliphatic heterocycles. The highest BCUT2D eigenvalue weighted by Gasteiger charge is 2.10. The van der Waals surface area contributed by atoms with Gasteiger partial charge in [0, 0.05) is 30.5 Å². The first-order chi connectivity index (χ1) is 9.47. The van der Waals surface area contributed by atoms with Gasteiger partial charge in [0.25, 0.3) is 0 Å². The molecule has 0 bridgehead atoms. The lowest BCUT2D eigenvalue weighted by atomic mass is 10.1. The van der Waals surface area contributed by atoms with Gasteiger partial charge in [0.15, 0.2) is 0 Å². The van der Waals surface area contributed by atoms with Crippen molar-refractivity contribution in [3.63, 3.8) is 0 Å². The van der Waals surface area contributed by atoms with Crippen molar-refractivity contribution in [2.75, 3.05) is 5.73 Å². The molecule has 1 heterocycles. The summed E-state index contributed by atoms with van der Waals surface area (Å²) >= 11 is 0. The zero-order chi connectivity index (χ0) is 14.7. The number of nitrogens with zero attached hydrogens (tertiary/aromatic N) is 2. The third kappa shape index (κ3) is 3.17. The number of rotatable bonds is 4. The molecule has 0 aliphatic carbocycles. The zero-order valence-corrected chi connectivity index (χ0v) is 12.1. The first kappa shape index (κ1) is 14.1. The van der Waals surface area contributed by atoms with Gasteiger partial charge in [0.05, 0.1) is 12.1 Å². The van der Waals surface area contributed by atoms with Crippen molar-refractivity contribution in [1.82, 2.24) is 15.1 Å². The van der Waals surface area contributed by atoms with Crippen molar-refractivity contribution >= 4 is 11.6 Å². The highest BCUT2D eigenvalue weighted by atomic mass is 16.1. The summed E-state index contributed by atoms with van der Waals surface area (Å²) in [5.74, 6) is -0.00238. The van der Waals surface area contributed by atoms with E-state index in [9.17, 15) is 4.79 Å². The number of aromatic nitrogens is 2. The predicted octanol–water partition coefficient (Wildman–Crippen LogP) is 1.48. The van der Waals surface area contributed by atoms with E-state index in [4.69, 9.17) is 5.73 Å². The van der Waals surface area contributed by atoms with Crippen LogP contribution in [0.5, 0.6) is 0 Å². The van der Waals surface area contributed by atoms with Crippen LogP contribution in [0.25, 0.3) is 0 Å². The minimum atomic E-state index is -0.00238. The molecular formula is C15H20N4O. The van der Waals surface area contributed by atoms with Gasteiger partial charge in [-0.05, 0) is 31.5 Å². The Bertz CT molecular complexity index is 614. The lowest BCUT2D eigenvalue weighted by Crippen LogP contribution is -2.25. The van der Waals surface area contributed by atoms with E-state index in [1.807, 2.05) is 37.7 Å². The van der Waals surface area contributed by atoms with Gasteiger partial charge in [0.1, 0.15) is 0 Å². The third-order valence-corrected chi connectivity index (χ3v) is 3.47. The fraction of sp³-hybridized carbons (Fsp3) is 0.333. The first-order valence-corrected chi connectivity index (χ1v) is 6.57. The van der Waals surface area contributed by atoms with Gasteiger partial charge in [-0.15, -0.1) is 0 Å². The third-order valence-electron chi connectivity index (χ3n) is 3.47. The lowest BCUT2D eigenvalue weighted by molar-refractivity contribution is -0.120. The standard InChI is InChI=1S/C15H20N4O/c1-10-14(11(2)19(3)18-10)9-17-15(20)8-12-4-6-13(16)7-5-12/h4-7H,8-9,16H2,1-3H3,(H,17,20). The summed E-state index contributed by atoms with van der Waals surface area (Å²) in [5.41, 5.74) is 10.4. The quantitative estimate of drug-likeness (QED) is 0.828. The Labute approximate surface area is 118 Å². The molecule has 20 heavy (non-hydrogen) atoms. The molecule has 0 saturated carbocycles. The van der Waals surface area contributed by atoms with E-state index in [-0.39, 0.29) is 5.91 Å². The lowest BCUT2D eigenvalue weighted by Gasteiger charge is -2.06. The van der Waals surface area contributed by atoms with Crippen LogP contribution < -0.4 is 11.1 Å². The van der Waals surface area contributed by atoms with Gasteiger partial charge in [-0.2, -0.15) is 5.10 Å². The zero-order valence-electron chi connectivity index (χ0n) is 12.1. The van der Waals surface area contributed by atoms with Crippen molar-refractivity contribution in [1.29, 1.82) is 0 Å². The van der Waals surface area contributed by atoms with Crippen LogP contribution in [0.15, 0.2) is 24.3 Å². The van der Waals surface area contributed by atoms with Crippen molar-refractivity contribution < 1.29 is 4.79 Å². The summed E-state index contributed by atoms with van der Waals surface area (Å²) < 4.78 is 1.83. The molecule has 0 radical (unpaired) electrons. The number of anilines is 1. The molecule has 2 aromatic rings. The number of amides is 1. The van der Waals surface area contributed by atoms with Crippen LogP contribution in [-0.2, 0) is 24.8 Å². The van der Waals surface area contributed by atoms with Crippen LogP contribution in [0.2, 0.25) is 0 Å². The van der Waals surface area contributed by atoms with Gasteiger partial charge < -0.3 is 11.1 Å². The maximum Gasteiger partial charge on any atom is 0.224 e. The van der Waals surface area contributed by atoms with E-state index in [0.717, 1.165) is 22.5 Å². The number of nitrogen functional groups attached to an aromatic ring is 1. The van der Waals surface area contributed by atoms with E-state index in [1.165, 1.54) is 0 Å². The summed E-state index contributed by atoms with van der Waals surface area (Å²) in [7, 11) is 1.90. The molecule has 0 fully saturated rings. The first-order valence-electron chi connectivity index (χ1n) is 6.57. The fourth-order valence-electron chi connectivity index (χ4n) is 2.14.